The van der Waals surface area contributed by atoms with Crippen molar-refractivity contribution in [2.24, 2.45) is 11.1 Å². The molecule has 3 aliphatic heterocycles. The third-order valence-corrected chi connectivity index (χ3v) is 11.7. The molecule has 2 aromatic rings. The number of likely N-dealkylation sites (tertiary alicyclic amines) is 1. The average molecular weight is 750 g/mol. The van der Waals surface area contributed by atoms with Gasteiger partial charge in [-0.2, -0.15) is 0 Å². The first kappa shape index (κ1) is 37.1. The van der Waals surface area contributed by atoms with Crippen LogP contribution in [-0.2, 0) is 24.0 Å². The first-order valence-corrected chi connectivity index (χ1v) is 18.1. The number of oxime groups is 1. The van der Waals surface area contributed by atoms with Crippen molar-refractivity contribution in [3.05, 3.63) is 50.6 Å². The maximum absolute atomic E-state index is 13.5. The van der Waals surface area contributed by atoms with E-state index >= 15 is 0 Å². The van der Waals surface area contributed by atoms with Crippen molar-refractivity contribution in [2.45, 2.75) is 51.0 Å². The van der Waals surface area contributed by atoms with Crippen LogP contribution in [0, 0.1) is 12.8 Å². The lowest BCUT2D eigenvalue weighted by Crippen LogP contribution is -2.63. The number of aliphatic carboxylic acids is 2. The van der Waals surface area contributed by atoms with Crippen molar-refractivity contribution in [3.8, 4) is 5.75 Å². The number of phenolic OH excluding ortho intramolecular Hbond substituents is 1. The number of carbonyl (C=O) groups is 5. The Morgan fingerprint density at radius 2 is 1.92 bits per heavy atom. The van der Waals surface area contributed by atoms with E-state index in [1.165, 1.54) is 48.0 Å². The van der Waals surface area contributed by atoms with Gasteiger partial charge in [-0.1, -0.05) is 16.8 Å². The van der Waals surface area contributed by atoms with Gasteiger partial charge >= 0.3 is 11.9 Å². The quantitative estimate of drug-likeness (QED) is 0.0815. The molecule has 0 radical (unpaired) electrons. The first-order valence-electron chi connectivity index (χ1n) is 15.8. The van der Waals surface area contributed by atoms with E-state index in [2.05, 4.69) is 15.5 Å². The highest BCUT2D eigenvalue weighted by molar-refractivity contribution is 8.00. The molecule has 0 saturated carbocycles. The lowest BCUT2D eigenvalue weighted by Gasteiger charge is -2.50. The molecule has 1 aromatic carbocycles. The number of carbonyl (C=O) groups excluding carboxylic acids is 3. The van der Waals surface area contributed by atoms with Gasteiger partial charge in [-0.25, -0.2) is 14.6 Å². The largest absolute Gasteiger partial charge is 0.508 e. The van der Waals surface area contributed by atoms with Crippen molar-refractivity contribution in [2.75, 3.05) is 44.2 Å². The number of thioether (sulfide) groups is 1. The second-order valence-electron chi connectivity index (χ2n) is 13.0. The second kappa shape index (κ2) is 14.6. The molecule has 6 N–H and O–H groups in total. The molecule has 2 saturated heterocycles. The first-order chi connectivity index (χ1) is 23.5. The maximum atomic E-state index is 13.5. The lowest BCUT2D eigenvalue weighted by atomic mass is 9.89. The molecule has 50 heavy (non-hydrogen) atoms. The van der Waals surface area contributed by atoms with E-state index in [1.54, 1.807) is 6.92 Å². The highest BCUT2D eigenvalue weighted by atomic mass is 35.5. The van der Waals surface area contributed by atoms with Crippen LogP contribution >= 0.6 is 34.7 Å². The Kier molecular flexibility index (Phi) is 10.8. The van der Waals surface area contributed by atoms with Gasteiger partial charge in [-0.05, 0) is 32.9 Å². The number of hydrogen-bond acceptors (Lipinski definition) is 12. The van der Waals surface area contributed by atoms with Gasteiger partial charge in [0.15, 0.2) is 16.6 Å². The van der Waals surface area contributed by atoms with Crippen LogP contribution in [0.2, 0.25) is 5.02 Å². The molecule has 5 rings (SSSR count). The third kappa shape index (κ3) is 7.45. The summed E-state index contributed by atoms with van der Waals surface area (Å²) in [7, 11) is 0. The Balaban J connectivity index is 1.29. The summed E-state index contributed by atoms with van der Waals surface area (Å²) in [4.78, 5) is 74.7. The van der Waals surface area contributed by atoms with Crippen molar-refractivity contribution in [1.82, 2.24) is 15.2 Å². The molecule has 268 valence electrons. The number of amides is 2. The van der Waals surface area contributed by atoms with Gasteiger partial charge in [-0.15, -0.1) is 23.1 Å². The summed E-state index contributed by atoms with van der Waals surface area (Å²) in [6.45, 7) is 6.89. The summed E-state index contributed by atoms with van der Waals surface area (Å²) >= 11 is 8.71. The van der Waals surface area contributed by atoms with E-state index < -0.39 is 40.5 Å². The minimum Gasteiger partial charge on any atom is -0.508 e. The fourth-order valence-electron chi connectivity index (χ4n) is 6.30. The van der Waals surface area contributed by atoms with Crippen molar-refractivity contribution >= 4 is 75.1 Å². The number of thiazole rings is 1. The highest BCUT2D eigenvalue weighted by Gasteiger charge is 2.55. The number of aromatic nitrogens is 1. The van der Waals surface area contributed by atoms with Crippen LogP contribution in [0.1, 0.15) is 54.7 Å². The molecule has 0 aliphatic carbocycles. The smallest absolute Gasteiger partial charge is 0.352 e. The lowest BCUT2D eigenvalue weighted by molar-refractivity contribution is -0.911. The van der Waals surface area contributed by atoms with E-state index in [9.17, 15) is 39.3 Å². The zero-order chi connectivity index (χ0) is 36.5. The van der Waals surface area contributed by atoms with Gasteiger partial charge in [-0.3, -0.25) is 19.3 Å². The molecular formula is C32H38ClN6O9S2+. The average Bonchev–Trinajstić information content (AvgIpc) is 3.71. The number of ketones is 1. The molecular weight excluding hydrogens is 712 g/mol. The number of Topliss-reactive ketones (excluding diaryl/α,β-unsaturated/α-hetero) is 1. The number of quaternary nitrogens is 1. The molecule has 0 bridgehead atoms. The monoisotopic (exact) mass is 749 g/mol. The van der Waals surface area contributed by atoms with Crippen LogP contribution in [0.15, 0.2) is 33.9 Å². The standard InChI is InChI=1S/C32H37ClN6O9S2/c1-16-21(40)7-6-18(23(16)33)26(42)35-8-11-39(9-4-5-10-39)13-17-14-49-28-19(27(43)38(28)25(17)29(44)45)12-22(41)24(20-15-50-31(34)36-20)37-48-32(2,3)30(46)47/h6-7,15,19,28H,4-5,8-14H2,1-3H3,(H5-,34,35,36,40,42,44,45,46,47)/p+1/b37-24-/t19-,28-/m1/s1. The number of halogens is 1. The molecule has 15 nitrogen and oxygen atoms in total. The van der Waals surface area contributed by atoms with Gasteiger partial charge in [0.25, 0.3) is 5.91 Å². The van der Waals surface area contributed by atoms with Crippen LogP contribution in [0.3, 0.4) is 0 Å². The number of nitrogens with two attached hydrogens (primary N) is 1. The minimum atomic E-state index is -1.76. The molecule has 4 heterocycles. The topological polar surface area (TPSA) is 222 Å². The third-order valence-electron chi connectivity index (χ3n) is 9.19. The van der Waals surface area contributed by atoms with E-state index in [0.717, 1.165) is 37.3 Å². The Morgan fingerprint density at radius 3 is 2.54 bits per heavy atom. The highest BCUT2D eigenvalue weighted by Crippen LogP contribution is 2.46. The molecule has 0 spiro atoms. The number of nitrogens with zero attached hydrogens (tertiary/aromatic N) is 4. The number of phenols is 1. The minimum absolute atomic E-state index is 0.00613. The molecule has 18 heteroatoms. The maximum Gasteiger partial charge on any atom is 0.352 e. The number of hydrogen-bond donors (Lipinski definition) is 5. The number of carboxylic acid groups (broad SMARTS) is 2. The number of anilines is 1. The van der Waals surface area contributed by atoms with Gasteiger partial charge in [0.2, 0.25) is 11.5 Å². The van der Waals surface area contributed by atoms with Crippen LogP contribution in [-0.4, -0.2) is 114 Å². The van der Waals surface area contributed by atoms with Crippen molar-refractivity contribution in [1.29, 1.82) is 0 Å². The molecule has 0 unspecified atom stereocenters. The molecule has 2 atom stereocenters. The van der Waals surface area contributed by atoms with Crippen LogP contribution in [0.5, 0.6) is 5.75 Å². The number of benzene rings is 1. The summed E-state index contributed by atoms with van der Waals surface area (Å²) in [5.41, 5.74) is 4.94. The SMILES string of the molecule is Cc1c(O)ccc(C(=O)NCC[N+]2(CC3=C(C(=O)O)N4C(=O)[C@@H](CC(=O)/C(=N\OC(C)(C)C(=O)O)c5csc(N)n5)[C@H]4SC3)CCCC2)c1Cl. The summed E-state index contributed by atoms with van der Waals surface area (Å²) in [6, 6.07) is 2.87. The van der Waals surface area contributed by atoms with E-state index in [-0.39, 0.29) is 50.9 Å². The zero-order valence-electron chi connectivity index (χ0n) is 27.6. The molecule has 3 aliphatic rings. The Labute approximate surface area is 300 Å². The Morgan fingerprint density at radius 1 is 1.22 bits per heavy atom. The van der Waals surface area contributed by atoms with E-state index in [1.807, 2.05) is 0 Å². The number of aromatic hydroxyl groups is 1. The van der Waals surface area contributed by atoms with Gasteiger partial charge < -0.3 is 35.7 Å². The second-order valence-corrected chi connectivity index (χ2v) is 15.4. The molecule has 1 aromatic heterocycles. The van der Waals surface area contributed by atoms with E-state index in [0.29, 0.717) is 41.0 Å². The predicted molar refractivity (Wildman–Crippen MR) is 186 cm³/mol. The Hall–Kier alpha value is -4.19. The zero-order valence-corrected chi connectivity index (χ0v) is 30.0. The van der Waals surface area contributed by atoms with Crippen LogP contribution < -0.4 is 11.1 Å². The predicted octanol–water partition coefficient (Wildman–Crippen LogP) is 2.85. The number of nitrogens with one attached hydrogen (secondary N) is 1. The van der Waals surface area contributed by atoms with E-state index in [4.69, 9.17) is 22.2 Å². The van der Waals surface area contributed by atoms with Gasteiger partial charge in [0, 0.05) is 41.5 Å². The van der Waals surface area contributed by atoms with Gasteiger partial charge in [0.05, 0.1) is 48.1 Å². The van der Waals surface area contributed by atoms with Crippen molar-refractivity contribution < 1.29 is 48.6 Å². The fourth-order valence-corrected chi connectivity index (χ4v) is 8.49. The summed E-state index contributed by atoms with van der Waals surface area (Å²) < 4.78 is 0.535. The molecule has 2 amide bonds. The van der Waals surface area contributed by atoms with Crippen LogP contribution in [0.4, 0.5) is 5.13 Å². The number of nitrogen functional groups attached to an aromatic ring is 1. The fraction of sp³-hybridized carbons (Fsp3) is 0.469. The summed E-state index contributed by atoms with van der Waals surface area (Å²) in [5.74, 6) is -4.61. The number of fused-ring (bicyclic) bond motifs is 1. The van der Waals surface area contributed by atoms with Gasteiger partial charge in [0.1, 0.15) is 23.7 Å². The number of β-lactam (4-membered cyclic amide) rings is 1. The Bertz CT molecular complexity index is 1800. The summed E-state index contributed by atoms with van der Waals surface area (Å²) in [6.07, 6.45) is 1.53. The summed E-state index contributed by atoms with van der Waals surface area (Å²) in [5, 5.41) is 37.5. The molecule has 2 fully saturated rings. The number of rotatable bonds is 14. The normalized spacial score (nSPS) is 20.3. The number of carboxylic acids is 2. The van der Waals surface area contributed by atoms with Crippen molar-refractivity contribution in [3.63, 3.8) is 0 Å². The van der Waals surface area contributed by atoms with Crippen LogP contribution in [0.25, 0.3) is 0 Å².